The van der Waals surface area contributed by atoms with Gasteiger partial charge < -0.3 is 9.64 Å². The van der Waals surface area contributed by atoms with Gasteiger partial charge in [0.05, 0.1) is 6.61 Å². The van der Waals surface area contributed by atoms with Gasteiger partial charge in [-0.05, 0) is 36.8 Å². The van der Waals surface area contributed by atoms with E-state index in [1.165, 1.54) is 24.0 Å². The first-order valence-electron chi connectivity index (χ1n) is 6.51. The van der Waals surface area contributed by atoms with E-state index < -0.39 is 0 Å². The summed E-state index contributed by atoms with van der Waals surface area (Å²) in [4.78, 5) is 6.68. The second-order valence-corrected chi connectivity index (χ2v) is 5.62. The molecule has 1 aliphatic carbocycles. The Morgan fingerprint density at radius 1 is 1.50 bits per heavy atom. The highest BCUT2D eigenvalue weighted by Gasteiger charge is 2.21. The van der Waals surface area contributed by atoms with Crippen molar-refractivity contribution in [2.45, 2.75) is 25.1 Å². The third-order valence-electron chi connectivity index (χ3n) is 3.24. The molecule has 0 aliphatic heterocycles. The number of halogens is 1. The molecule has 0 N–H and O–H groups in total. The van der Waals surface area contributed by atoms with E-state index >= 15 is 0 Å². The van der Waals surface area contributed by atoms with Crippen molar-refractivity contribution in [1.82, 2.24) is 4.98 Å². The molecule has 3 nitrogen and oxygen atoms in total. The topological polar surface area (TPSA) is 25.4 Å². The van der Waals surface area contributed by atoms with E-state index in [1.807, 2.05) is 6.20 Å². The summed E-state index contributed by atoms with van der Waals surface area (Å²) in [6.45, 7) is 4.72. The van der Waals surface area contributed by atoms with Crippen LogP contribution >= 0.6 is 15.9 Å². The Labute approximate surface area is 118 Å². The maximum absolute atomic E-state index is 5.66. The Bertz CT molecular complexity index is 393. The molecule has 1 fully saturated rings. The van der Waals surface area contributed by atoms with E-state index in [4.69, 9.17) is 4.74 Å². The zero-order chi connectivity index (χ0) is 13.0. The van der Waals surface area contributed by atoms with Gasteiger partial charge in [0.15, 0.2) is 0 Å². The molecule has 1 heterocycles. The summed E-state index contributed by atoms with van der Waals surface area (Å²) in [6, 6.07) is 2.18. The molecule has 1 saturated carbocycles. The van der Waals surface area contributed by atoms with Gasteiger partial charge in [0.1, 0.15) is 5.82 Å². The minimum absolute atomic E-state index is 0.786. The average Bonchev–Trinajstić information content (AvgIpc) is 3.18. The fraction of sp³-hybridized carbons (Fsp3) is 0.643. The molecule has 0 saturated heterocycles. The normalized spacial score (nSPS) is 14.8. The molecular weight excluding hydrogens is 292 g/mol. The Balaban J connectivity index is 1.81. The van der Waals surface area contributed by atoms with Gasteiger partial charge in [-0.15, -0.1) is 0 Å². The molecule has 0 bridgehead atoms. The summed E-state index contributed by atoms with van der Waals surface area (Å²) in [5.74, 6) is 1.89. The van der Waals surface area contributed by atoms with Crippen molar-refractivity contribution in [2.75, 3.05) is 31.7 Å². The van der Waals surface area contributed by atoms with Crippen LogP contribution in [-0.2, 0) is 10.1 Å². The molecule has 1 aromatic rings. The second-order valence-electron chi connectivity index (χ2n) is 5.06. The standard InChI is InChI=1S/C14H21BrN2O/c1-11-7-13(8-15)9-16-14(11)17(2)5-6-18-10-12-3-4-12/h7,9,12H,3-6,8,10H2,1-2H3. The number of pyridine rings is 1. The van der Waals surface area contributed by atoms with Crippen molar-refractivity contribution in [3.63, 3.8) is 0 Å². The molecule has 0 unspecified atom stereocenters. The number of ether oxygens (including phenoxy) is 1. The lowest BCUT2D eigenvalue weighted by atomic mass is 10.2. The van der Waals surface area contributed by atoms with Crippen molar-refractivity contribution in [3.8, 4) is 0 Å². The maximum Gasteiger partial charge on any atom is 0.131 e. The van der Waals surface area contributed by atoms with Crippen LogP contribution in [0.15, 0.2) is 12.3 Å². The Morgan fingerprint density at radius 2 is 2.28 bits per heavy atom. The summed E-state index contributed by atoms with van der Waals surface area (Å²) in [5, 5.41) is 0.856. The van der Waals surface area contributed by atoms with Crippen molar-refractivity contribution < 1.29 is 4.74 Å². The highest BCUT2D eigenvalue weighted by molar-refractivity contribution is 9.08. The van der Waals surface area contributed by atoms with E-state index in [9.17, 15) is 0 Å². The number of likely N-dealkylation sites (N-methyl/N-ethyl adjacent to an activating group) is 1. The smallest absolute Gasteiger partial charge is 0.131 e. The minimum Gasteiger partial charge on any atom is -0.379 e. The molecule has 1 aromatic heterocycles. The first kappa shape index (κ1) is 13.8. The predicted octanol–water partition coefficient (Wildman–Crippen LogP) is 3.15. The average molecular weight is 313 g/mol. The minimum atomic E-state index is 0.786. The molecule has 2 rings (SSSR count). The third kappa shape index (κ3) is 3.95. The molecule has 100 valence electrons. The fourth-order valence-corrected chi connectivity index (χ4v) is 2.25. The first-order valence-corrected chi connectivity index (χ1v) is 7.63. The Morgan fingerprint density at radius 3 is 2.89 bits per heavy atom. The monoisotopic (exact) mass is 312 g/mol. The summed E-state index contributed by atoms with van der Waals surface area (Å²) in [5.41, 5.74) is 2.44. The van der Waals surface area contributed by atoms with Gasteiger partial charge in [0, 0.05) is 31.7 Å². The van der Waals surface area contributed by atoms with Crippen molar-refractivity contribution in [2.24, 2.45) is 5.92 Å². The van der Waals surface area contributed by atoms with Gasteiger partial charge in [-0.3, -0.25) is 0 Å². The van der Waals surface area contributed by atoms with Gasteiger partial charge in [-0.25, -0.2) is 4.98 Å². The van der Waals surface area contributed by atoms with E-state index in [0.717, 1.165) is 36.8 Å². The molecule has 0 amide bonds. The summed E-state index contributed by atoms with van der Waals surface area (Å²) < 4.78 is 5.66. The molecule has 18 heavy (non-hydrogen) atoms. The van der Waals surface area contributed by atoms with Crippen LogP contribution in [0.25, 0.3) is 0 Å². The Kier molecular flexibility index (Phi) is 5.01. The lowest BCUT2D eigenvalue weighted by Gasteiger charge is -2.20. The predicted molar refractivity (Wildman–Crippen MR) is 78.4 cm³/mol. The van der Waals surface area contributed by atoms with E-state index in [0.29, 0.717) is 0 Å². The summed E-state index contributed by atoms with van der Waals surface area (Å²) in [6.07, 6.45) is 4.63. The Hall–Kier alpha value is -0.610. The maximum atomic E-state index is 5.66. The number of aromatic nitrogens is 1. The van der Waals surface area contributed by atoms with Crippen molar-refractivity contribution in [1.29, 1.82) is 0 Å². The van der Waals surface area contributed by atoms with Crippen LogP contribution in [0.4, 0.5) is 5.82 Å². The number of rotatable bonds is 7. The number of alkyl halides is 1. The van der Waals surface area contributed by atoms with Crippen LogP contribution in [0.3, 0.4) is 0 Å². The highest BCUT2D eigenvalue weighted by Crippen LogP contribution is 2.28. The number of nitrogens with zero attached hydrogens (tertiary/aromatic N) is 2. The van der Waals surface area contributed by atoms with Crippen LogP contribution in [0.5, 0.6) is 0 Å². The van der Waals surface area contributed by atoms with E-state index in [1.54, 1.807) is 0 Å². The van der Waals surface area contributed by atoms with Crippen LogP contribution in [0.1, 0.15) is 24.0 Å². The van der Waals surface area contributed by atoms with Crippen LogP contribution in [-0.4, -0.2) is 31.8 Å². The molecule has 0 radical (unpaired) electrons. The quantitative estimate of drug-likeness (QED) is 0.571. The van der Waals surface area contributed by atoms with Crippen LogP contribution < -0.4 is 4.90 Å². The summed E-state index contributed by atoms with van der Waals surface area (Å²) >= 11 is 3.45. The third-order valence-corrected chi connectivity index (χ3v) is 3.89. The van der Waals surface area contributed by atoms with Gasteiger partial charge in [0.2, 0.25) is 0 Å². The zero-order valence-corrected chi connectivity index (χ0v) is 12.7. The summed E-state index contributed by atoms with van der Waals surface area (Å²) in [7, 11) is 2.07. The molecule has 0 aromatic carbocycles. The van der Waals surface area contributed by atoms with Crippen LogP contribution in [0.2, 0.25) is 0 Å². The number of aryl methyl sites for hydroxylation is 1. The molecule has 4 heteroatoms. The SMILES string of the molecule is Cc1cc(CBr)cnc1N(C)CCOCC1CC1. The fourth-order valence-electron chi connectivity index (χ4n) is 1.94. The van der Waals surface area contributed by atoms with Gasteiger partial charge in [-0.1, -0.05) is 22.0 Å². The van der Waals surface area contributed by atoms with E-state index in [-0.39, 0.29) is 0 Å². The molecule has 0 atom stereocenters. The van der Waals surface area contributed by atoms with Crippen LogP contribution in [0, 0.1) is 12.8 Å². The molecule has 1 aliphatic rings. The van der Waals surface area contributed by atoms with Gasteiger partial charge in [-0.2, -0.15) is 0 Å². The zero-order valence-electron chi connectivity index (χ0n) is 11.2. The number of hydrogen-bond acceptors (Lipinski definition) is 3. The van der Waals surface area contributed by atoms with Gasteiger partial charge in [0.25, 0.3) is 0 Å². The molecule has 0 spiro atoms. The number of anilines is 1. The second kappa shape index (κ2) is 6.53. The first-order chi connectivity index (χ1) is 8.70. The van der Waals surface area contributed by atoms with Crippen molar-refractivity contribution in [3.05, 3.63) is 23.4 Å². The van der Waals surface area contributed by atoms with E-state index in [2.05, 4.69) is 45.9 Å². The highest BCUT2D eigenvalue weighted by atomic mass is 79.9. The number of hydrogen-bond donors (Lipinski definition) is 0. The van der Waals surface area contributed by atoms with Crippen molar-refractivity contribution >= 4 is 21.7 Å². The lowest BCUT2D eigenvalue weighted by molar-refractivity contribution is 0.131. The van der Waals surface area contributed by atoms with Gasteiger partial charge >= 0.3 is 0 Å². The molecular formula is C14H21BrN2O. The largest absolute Gasteiger partial charge is 0.379 e. The lowest BCUT2D eigenvalue weighted by Crippen LogP contribution is -2.24.